The molecule has 0 aliphatic carbocycles. The number of hydrogen-bond donors (Lipinski definition) is 2. The van der Waals surface area contributed by atoms with Crippen LogP contribution in [-0.4, -0.2) is 39.8 Å². The molecule has 0 radical (unpaired) electrons. The second-order valence-electron chi connectivity index (χ2n) is 5.15. The second-order valence-corrected chi connectivity index (χ2v) is 5.15. The van der Waals surface area contributed by atoms with Crippen molar-refractivity contribution in [2.75, 3.05) is 39.2 Å². The largest absolute Gasteiger partial charge is 0.497 e. The number of benzene rings is 1. The molecule has 6 heteroatoms. The van der Waals surface area contributed by atoms with Crippen molar-refractivity contribution in [2.24, 2.45) is 5.41 Å². The van der Waals surface area contributed by atoms with Crippen LogP contribution in [0.1, 0.15) is 12.8 Å². The molecule has 2 rings (SSSR count). The first-order valence-corrected chi connectivity index (χ1v) is 6.85. The van der Waals surface area contributed by atoms with Crippen LogP contribution < -0.4 is 15.4 Å². The van der Waals surface area contributed by atoms with E-state index in [4.69, 9.17) is 9.47 Å². The number of methoxy groups -OCH3 is 2. The van der Waals surface area contributed by atoms with Crippen molar-refractivity contribution in [3.63, 3.8) is 0 Å². The second kappa shape index (κ2) is 8.22. The fraction of sp³-hybridized carbons (Fsp3) is 0.533. The van der Waals surface area contributed by atoms with Gasteiger partial charge in [-0.2, -0.15) is 0 Å². The molecule has 0 aromatic heterocycles. The van der Waals surface area contributed by atoms with Gasteiger partial charge >= 0.3 is 0 Å². The predicted molar refractivity (Wildman–Crippen MR) is 85.3 cm³/mol. The van der Waals surface area contributed by atoms with Crippen LogP contribution in [0.4, 0.5) is 5.69 Å². The number of nitrogens with one attached hydrogen (secondary N) is 2. The quantitative estimate of drug-likeness (QED) is 0.873. The first-order valence-electron chi connectivity index (χ1n) is 6.85. The Hall–Kier alpha value is -1.30. The van der Waals surface area contributed by atoms with Crippen LogP contribution in [0, 0.1) is 5.41 Å². The molecule has 1 aromatic carbocycles. The number of ether oxygens (including phenoxy) is 2. The van der Waals surface area contributed by atoms with Crippen LogP contribution in [0.5, 0.6) is 5.75 Å². The van der Waals surface area contributed by atoms with Gasteiger partial charge in [-0.25, -0.2) is 0 Å². The average Bonchev–Trinajstić information content (AvgIpc) is 2.48. The Morgan fingerprint density at radius 2 is 2.05 bits per heavy atom. The van der Waals surface area contributed by atoms with Gasteiger partial charge in [0.05, 0.1) is 19.1 Å². The van der Waals surface area contributed by atoms with Crippen LogP contribution in [0.15, 0.2) is 24.3 Å². The fourth-order valence-electron chi connectivity index (χ4n) is 2.58. The van der Waals surface area contributed by atoms with Crippen molar-refractivity contribution in [1.29, 1.82) is 0 Å². The third-order valence-corrected chi connectivity index (χ3v) is 3.79. The summed E-state index contributed by atoms with van der Waals surface area (Å²) in [6.45, 7) is 2.13. The van der Waals surface area contributed by atoms with Gasteiger partial charge in [0.15, 0.2) is 0 Å². The van der Waals surface area contributed by atoms with E-state index in [1.165, 1.54) is 0 Å². The van der Waals surface area contributed by atoms with Crippen molar-refractivity contribution < 1.29 is 14.3 Å². The van der Waals surface area contributed by atoms with Crippen LogP contribution in [-0.2, 0) is 9.53 Å². The standard InChI is InChI=1S/C15H22N2O3.ClH/c1-19-11-15(6-8-16-9-7-15)14(18)17-12-4-3-5-13(10-12)20-2;/h3-5,10,16H,6-9,11H2,1-2H3,(H,17,18);1H. The molecule has 1 aliphatic heterocycles. The lowest BCUT2D eigenvalue weighted by Crippen LogP contribution is -2.47. The zero-order valence-corrected chi connectivity index (χ0v) is 13.3. The lowest BCUT2D eigenvalue weighted by Gasteiger charge is -2.35. The third kappa shape index (κ3) is 4.33. The van der Waals surface area contributed by atoms with Gasteiger partial charge in [-0.3, -0.25) is 4.79 Å². The molecule has 1 aliphatic rings. The summed E-state index contributed by atoms with van der Waals surface area (Å²) in [6.07, 6.45) is 1.58. The molecule has 5 nitrogen and oxygen atoms in total. The van der Waals surface area contributed by atoms with Gasteiger partial charge in [0.1, 0.15) is 5.75 Å². The van der Waals surface area contributed by atoms with E-state index in [1.807, 2.05) is 24.3 Å². The molecular weight excluding hydrogens is 292 g/mol. The smallest absolute Gasteiger partial charge is 0.233 e. The van der Waals surface area contributed by atoms with Gasteiger partial charge in [-0.15, -0.1) is 12.4 Å². The predicted octanol–water partition coefficient (Wildman–Crippen LogP) is 2.07. The van der Waals surface area contributed by atoms with Gasteiger partial charge in [0.2, 0.25) is 5.91 Å². The molecule has 0 spiro atoms. The highest BCUT2D eigenvalue weighted by Gasteiger charge is 2.39. The summed E-state index contributed by atoms with van der Waals surface area (Å²) in [5.41, 5.74) is 0.312. The highest BCUT2D eigenvalue weighted by Crippen LogP contribution is 2.31. The first-order chi connectivity index (χ1) is 9.70. The van der Waals surface area contributed by atoms with E-state index in [2.05, 4.69) is 10.6 Å². The molecule has 1 amide bonds. The molecule has 0 bridgehead atoms. The van der Waals surface area contributed by atoms with Crippen molar-refractivity contribution in [2.45, 2.75) is 12.8 Å². The summed E-state index contributed by atoms with van der Waals surface area (Å²) in [7, 11) is 3.25. The summed E-state index contributed by atoms with van der Waals surface area (Å²) in [6, 6.07) is 7.40. The Kier molecular flexibility index (Phi) is 6.95. The Balaban J connectivity index is 0.00000220. The zero-order valence-electron chi connectivity index (χ0n) is 12.5. The number of hydrogen-bond acceptors (Lipinski definition) is 4. The minimum Gasteiger partial charge on any atom is -0.497 e. The number of halogens is 1. The van der Waals surface area contributed by atoms with Crippen molar-refractivity contribution in [3.8, 4) is 5.75 Å². The van der Waals surface area contributed by atoms with Gasteiger partial charge < -0.3 is 20.1 Å². The Labute approximate surface area is 131 Å². The minimum absolute atomic E-state index is 0. The monoisotopic (exact) mass is 314 g/mol. The molecule has 1 saturated heterocycles. The Morgan fingerprint density at radius 3 is 2.67 bits per heavy atom. The maximum Gasteiger partial charge on any atom is 0.233 e. The van der Waals surface area contributed by atoms with E-state index < -0.39 is 5.41 Å². The van der Waals surface area contributed by atoms with Gasteiger partial charge in [0, 0.05) is 18.9 Å². The number of carbonyl (C=O) groups excluding carboxylic acids is 1. The maximum atomic E-state index is 12.6. The number of anilines is 1. The van der Waals surface area contributed by atoms with Crippen LogP contribution >= 0.6 is 12.4 Å². The molecule has 0 unspecified atom stereocenters. The lowest BCUT2D eigenvalue weighted by atomic mass is 9.78. The summed E-state index contributed by atoms with van der Waals surface area (Å²) >= 11 is 0. The molecular formula is C15H23ClN2O3. The first kappa shape index (κ1) is 17.8. The molecule has 21 heavy (non-hydrogen) atoms. The van der Waals surface area contributed by atoms with E-state index >= 15 is 0 Å². The fourth-order valence-corrected chi connectivity index (χ4v) is 2.58. The number of carbonyl (C=O) groups is 1. The highest BCUT2D eigenvalue weighted by atomic mass is 35.5. The van der Waals surface area contributed by atoms with Crippen LogP contribution in [0.2, 0.25) is 0 Å². The van der Waals surface area contributed by atoms with E-state index in [-0.39, 0.29) is 18.3 Å². The molecule has 1 aromatic rings. The number of amides is 1. The maximum absolute atomic E-state index is 12.6. The van der Waals surface area contributed by atoms with Gasteiger partial charge in [0.25, 0.3) is 0 Å². The SMILES string of the molecule is COCC1(C(=O)Nc2cccc(OC)c2)CCNCC1.Cl. The van der Waals surface area contributed by atoms with Crippen molar-refractivity contribution in [1.82, 2.24) is 5.32 Å². The Bertz CT molecular complexity index is 456. The zero-order chi connectivity index (χ0) is 14.4. The average molecular weight is 315 g/mol. The molecule has 0 atom stereocenters. The van der Waals surface area contributed by atoms with E-state index in [0.717, 1.165) is 37.4 Å². The van der Waals surface area contributed by atoms with E-state index in [0.29, 0.717) is 6.61 Å². The lowest BCUT2D eigenvalue weighted by molar-refractivity contribution is -0.130. The number of piperidine rings is 1. The summed E-state index contributed by atoms with van der Waals surface area (Å²) in [4.78, 5) is 12.6. The molecule has 0 saturated carbocycles. The van der Waals surface area contributed by atoms with Gasteiger partial charge in [-0.1, -0.05) is 6.07 Å². The van der Waals surface area contributed by atoms with E-state index in [9.17, 15) is 4.79 Å². The van der Waals surface area contributed by atoms with E-state index in [1.54, 1.807) is 14.2 Å². The van der Waals surface area contributed by atoms with Crippen LogP contribution in [0.3, 0.4) is 0 Å². The third-order valence-electron chi connectivity index (χ3n) is 3.79. The molecule has 1 fully saturated rings. The molecule has 1 heterocycles. The summed E-state index contributed by atoms with van der Waals surface area (Å²) < 4.78 is 10.4. The summed E-state index contributed by atoms with van der Waals surface area (Å²) in [5, 5.41) is 6.26. The van der Waals surface area contributed by atoms with Crippen molar-refractivity contribution in [3.05, 3.63) is 24.3 Å². The Morgan fingerprint density at radius 1 is 1.33 bits per heavy atom. The summed E-state index contributed by atoms with van der Waals surface area (Å²) in [5.74, 6) is 0.753. The minimum atomic E-state index is -0.441. The molecule has 118 valence electrons. The highest BCUT2D eigenvalue weighted by molar-refractivity contribution is 5.95. The van der Waals surface area contributed by atoms with Crippen LogP contribution in [0.25, 0.3) is 0 Å². The normalized spacial score (nSPS) is 16.7. The van der Waals surface area contributed by atoms with Crippen molar-refractivity contribution >= 4 is 24.0 Å². The topological polar surface area (TPSA) is 59.6 Å². The van der Waals surface area contributed by atoms with Gasteiger partial charge in [-0.05, 0) is 38.1 Å². The molecule has 2 N–H and O–H groups in total. The number of rotatable bonds is 5.